The minimum absolute atomic E-state index is 0. The Labute approximate surface area is 160 Å². The summed E-state index contributed by atoms with van der Waals surface area (Å²) in [4.78, 5) is 8.28. The van der Waals surface area contributed by atoms with Gasteiger partial charge in [-0.2, -0.15) is 18.1 Å². The summed E-state index contributed by atoms with van der Waals surface area (Å²) >= 11 is 0. The van der Waals surface area contributed by atoms with Crippen molar-refractivity contribution >= 4 is 22.8 Å². The van der Waals surface area contributed by atoms with Crippen molar-refractivity contribution in [2.45, 2.75) is 20.3 Å². The molecule has 1 aromatic carbocycles. The monoisotopic (exact) mass is 389 g/mol. The molecule has 0 unspecified atom stereocenters. The summed E-state index contributed by atoms with van der Waals surface area (Å²) in [5.74, 6) is 0. The molecule has 0 spiro atoms. The van der Waals surface area contributed by atoms with E-state index < -0.39 is 0 Å². The first-order valence-corrected chi connectivity index (χ1v) is 5.18. The Morgan fingerprint density at radius 3 is 2.50 bits per heavy atom. The van der Waals surface area contributed by atoms with Crippen LogP contribution in [0.15, 0.2) is 29.3 Å². The number of hydrogen-bond acceptors (Lipinski definition) is 2. The summed E-state index contributed by atoms with van der Waals surface area (Å²) in [5, 5.41) is 1.17. The number of fused-ring (bicyclic) bond motifs is 3. The van der Waals surface area contributed by atoms with E-state index in [1.165, 1.54) is 10.9 Å². The van der Waals surface area contributed by atoms with Gasteiger partial charge in [-0.15, -0.1) is 11.8 Å². The van der Waals surface area contributed by atoms with Crippen LogP contribution < -0.4 is 0 Å². The number of benzene rings is 1. The van der Waals surface area contributed by atoms with Crippen LogP contribution in [0.2, 0.25) is 0 Å². The third kappa shape index (κ3) is 4.27. The summed E-state index contributed by atoms with van der Waals surface area (Å²) in [6.45, 7) is 4.00. The number of nitrogens with zero attached hydrogens (tertiary/aromatic N) is 2. The fourth-order valence-corrected chi connectivity index (χ4v) is 1.60. The Hall–Kier alpha value is 0.508. The fraction of sp³-hybridized carbons (Fsp3) is 0.214. The molecule has 2 nitrogen and oxygen atoms in total. The molecule has 1 aromatic heterocycles. The molecule has 2 radical (unpaired) electrons. The molecule has 0 fully saturated rings. The van der Waals surface area contributed by atoms with Crippen LogP contribution in [0.4, 0.5) is 5.69 Å². The van der Waals surface area contributed by atoms with Crippen molar-refractivity contribution in [3.63, 3.8) is 0 Å². The van der Waals surface area contributed by atoms with E-state index in [9.17, 15) is 0 Å². The van der Waals surface area contributed by atoms with E-state index in [0.29, 0.717) is 0 Å². The van der Waals surface area contributed by atoms with Crippen LogP contribution in [0, 0.1) is 13.6 Å². The minimum atomic E-state index is 0. The van der Waals surface area contributed by atoms with E-state index in [1.807, 2.05) is 32.0 Å². The van der Waals surface area contributed by atoms with Crippen LogP contribution in [-0.2, 0) is 71.8 Å². The number of rotatable bonds is 0. The van der Waals surface area contributed by atoms with Gasteiger partial charge in [0, 0.05) is 65.4 Å². The van der Waals surface area contributed by atoms with Gasteiger partial charge in [0.2, 0.25) is 0 Å². The van der Waals surface area contributed by atoms with Gasteiger partial charge in [-0.3, -0.25) is 0 Å². The van der Waals surface area contributed by atoms with Gasteiger partial charge in [-0.1, -0.05) is 38.1 Å². The van der Waals surface area contributed by atoms with Crippen LogP contribution in [0.25, 0.3) is 10.9 Å². The van der Waals surface area contributed by atoms with Crippen LogP contribution in [0.5, 0.6) is 0 Å². The molecule has 18 heavy (non-hydrogen) atoms. The average Bonchev–Trinajstić information content (AvgIpc) is 2.80. The molecule has 1 aliphatic heterocycles. The second-order valence-electron chi connectivity index (χ2n) is 3.01. The van der Waals surface area contributed by atoms with Gasteiger partial charge in [-0.25, -0.2) is 5.56 Å². The molecule has 0 saturated heterocycles. The zero-order valence-corrected chi connectivity index (χ0v) is 16.7. The number of hydrogen-bond donors (Lipinski definition) is 0. The topological polar surface area (TPSA) is 25.2 Å². The second kappa shape index (κ2) is 10.3. The van der Waals surface area contributed by atoms with Gasteiger partial charge >= 0.3 is 0 Å². The van der Waals surface area contributed by atoms with Gasteiger partial charge in [-0.05, 0) is 5.52 Å². The molecular formula is C14H15N2Y2-3. The molecule has 2 aromatic rings. The summed E-state index contributed by atoms with van der Waals surface area (Å²) < 4.78 is 0. The Balaban J connectivity index is 0. The summed E-state index contributed by atoms with van der Waals surface area (Å²) in [7, 11) is 0. The smallest absolute Gasteiger partial charge is 0 e. The van der Waals surface area contributed by atoms with E-state index in [1.54, 1.807) is 0 Å². The first-order valence-electron chi connectivity index (χ1n) is 5.18. The fourth-order valence-electron chi connectivity index (χ4n) is 1.60. The predicted molar refractivity (Wildman–Crippen MR) is 69.1 cm³/mol. The maximum Gasteiger partial charge on any atom is 0 e. The Morgan fingerprint density at radius 1 is 1.11 bits per heavy atom. The molecule has 0 amide bonds. The van der Waals surface area contributed by atoms with Crippen LogP contribution in [0.3, 0.4) is 0 Å². The normalized spacial score (nSPS) is 10.1. The standard InChI is InChI=1S/C11H6N2.C2H6.CH3.2Y/c1-2-4-10-8(3-1)9-5-6-12-11(9)7-13-10;1-2;;;/h1-4H,5H2;1-2H3;1H3;;/q-2;;-1;;. The molecule has 0 aliphatic carbocycles. The molecule has 0 atom stereocenters. The number of para-hydroxylation sites is 1. The van der Waals surface area contributed by atoms with Gasteiger partial charge in [0.05, 0.1) is 0 Å². The van der Waals surface area contributed by atoms with E-state index in [4.69, 9.17) is 0 Å². The predicted octanol–water partition coefficient (Wildman–Crippen LogP) is 3.64. The quantitative estimate of drug-likeness (QED) is 0.632. The maximum absolute atomic E-state index is 4.19. The van der Waals surface area contributed by atoms with Crippen molar-refractivity contribution in [3.8, 4) is 0 Å². The summed E-state index contributed by atoms with van der Waals surface area (Å²) in [5.41, 5.74) is 3.03. The zero-order valence-electron chi connectivity index (χ0n) is 11.1. The third-order valence-corrected chi connectivity index (χ3v) is 2.24. The molecular weight excluding hydrogens is 374 g/mol. The zero-order chi connectivity index (χ0) is 10.7. The molecule has 2 heterocycles. The average molecular weight is 389 g/mol. The van der Waals surface area contributed by atoms with Crippen LogP contribution >= 0.6 is 0 Å². The van der Waals surface area contributed by atoms with E-state index in [-0.39, 0.29) is 72.8 Å². The van der Waals surface area contributed by atoms with E-state index >= 15 is 0 Å². The first kappa shape index (κ1) is 20.8. The van der Waals surface area contributed by atoms with Crippen LogP contribution in [0.1, 0.15) is 19.4 Å². The molecule has 0 bridgehead atoms. The second-order valence-corrected chi connectivity index (χ2v) is 3.01. The van der Waals surface area contributed by atoms with E-state index in [0.717, 1.165) is 17.6 Å². The molecule has 0 N–H and O–H groups in total. The Bertz CT molecular complexity index is 510. The number of aromatic nitrogens is 1. The van der Waals surface area contributed by atoms with Gasteiger partial charge in [0.25, 0.3) is 0 Å². The summed E-state index contributed by atoms with van der Waals surface area (Å²) in [6.07, 6.45) is 6.63. The third-order valence-electron chi connectivity index (χ3n) is 2.24. The number of aliphatic imine (C=N–C) groups is 1. The van der Waals surface area contributed by atoms with Crippen molar-refractivity contribution in [2.75, 3.05) is 0 Å². The van der Waals surface area contributed by atoms with Gasteiger partial charge in [0.1, 0.15) is 0 Å². The maximum atomic E-state index is 4.19. The molecule has 1 aliphatic rings. The Morgan fingerprint density at radius 2 is 1.78 bits per heavy atom. The van der Waals surface area contributed by atoms with Crippen molar-refractivity contribution in [1.82, 2.24) is 4.98 Å². The number of pyridine rings is 1. The Kier molecular flexibility index (Phi) is 11.9. The van der Waals surface area contributed by atoms with Crippen molar-refractivity contribution < 1.29 is 65.4 Å². The van der Waals surface area contributed by atoms with Gasteiger partial charge < -0.3 is 17.4 Å². The minimum Gasteiger partial charge on any atom is -0.481 e. The molecule has 4 heteroatoms. The summed E-state index contributed by atoms with van der Waals surface area (Å²) in [6, 6.07) is 8.06. The largest absolute Gasteiger partial charge is 0.481 e. The van der Waals surface area contributed by atoms with Crippen molar-refractivity contribution in [2.24, 2.45) is 4.99 Å². The van der Waals surface area contributed by atoms with Crippen molar-refractivity contribution in [3.05, 3.63) is 43.5 Å². The van der Waals surface area contributed by atoms with Gasteiger partial charge in [0.15, 0.2) is 0 Å². The molecule has 0 saturated carbocycles. The van der Waals surface area contributed by atoms with Crippen LogP contribution in [-0.4, -0.2) is 11.2 Å². The molecule has 90 valence electrons. The van der Waals surface area contributed by atoms with Crippen molar-refractivity contribution in [1.29, 1.82) is 0 Å². The first-order chi connectivity index (χ1) is 7.45. The molecule has 3 rings (SSSR count). The SMILES string of the molecule is CC.[C-]1=Nc2[c-]nc3ccccc3c2C1.[CH3-].[Y].[Y]. The van der Waals surface area contributed by atoms with E-state index in [2.05, 4.69) is 28.5 Å².